The second-order valence-corrected chi connectivity index (χ2v) is 9.05. The van der Waals surface area contributed by atoms with Crippen LogP contribution in [0.4, 0.5) is 0 Å². The number of aromatic hydroxyl groups is 2. The Balaban J connectivity index is 1.45. The maximum Gasteiger partial charge on any atom is 0.238 e. The van der Waals surface area contributed by atoms with E-state index in [9.17, 15) is 24.6 Å². The summed E-state index contributed by atoms with van der Waals surface area (Å²) in [5.74, 6) is -1.55. The average Bonchev–Trinajstić information content (AvgIpc) is 3.58. The van der Waals surface area contributed by atoms with Gasteiger partial charge in [-0.25, -0.2) is 0 Å². The number of phenols is 2. The van der Waals surface area contributed by atoms with Crippen LogP contribution in [0.3, 0.4) is 0 Å². The molecule has 190 valence electrons. The van der Waals surface area contributed by atoms with Crippen LogP contribution >= 0.6 is 0 Å². The number of phenolic OH excluding ortho intramolecular Hbond substituents is 2. The van der Waals surface area contributed by atoms with Gasteiger partial charge in [-0.1, -0.05) is 5.16 Å². The van der Waals surface area contributed by atoms with Crippen molar-refractivity contribution in [1.29, 1.82) is 0 Å². The van der Waals surface area contributed by atoms with Gasteiger partial charge >= 0.3 is 0 Å². The zero-order valence-corrected chi connectivity index (χ0v) is 20.5. The fourth-order valence-electron chi connectivity index (χ4n) is 4.67. The maximum absolute atomic E-state index is 13.8. The number of carbonyl (C=O) groups is 3. The lowest BCUT2D eigenvalue weighted by molar-refractivity contribution is -0.123. The number of rotatable bonds is 6. The lowest BCUT2D eigenvalue weighted by Crippen LogP contribution is -2.41. The van der Waals surface area contributed by atoms with E-state index in [0.717, 1.165) is 0 Å². The second kappa shape index (κ2) is 8.47. The molecule has 0 amide bonds. The highest BCUT2D eigenvalue weighted by atomic mass is 16.5. The first-order chi connectivity index (χ1) is 17.6. The first-order valence-electron chi connectivity index (χ1n) is 11.5. The van der Waals surface area contributed by atoms with Gasteiger partial charge in [0.15, 0.2) is 23.1 Å². The fourth-order valence-corrected chi connectivity index (χ4v) is 4.67. The summed E-state index contributed by atoms with van der Waals surface area (Å²) in [7, 11) is 0. The van der Waals surface area contributed by atoms with Crippen LogP contribution < -0.4 is 10.1 Å². The summed E-state index contributed by atoms with van der Waals surface area (Å²) in [4.78, 5) is 43.3. The molecule has 11 nitrogen and oxygen atoms in total. The van der Waals surface area contributed by atoms with Crippen molar-refractivity contribution in [2.24, 2.45) is 0 Å². The summed E-state index contributed by atoms with van der Waals surface area (Å²) >= 11 is 0. The number of nitrogens with one attached hydrogen (secondary N) is 1. The molecule has 3 heterocycles. The van der Waals surface area contributed by atoms with Crippen LogP contribution in [0, 0.1) is 6.92 Å². The number of benzene rings is 1. The van der Waals surface area contributed by atoms with E-state index in [0.29, 0.717) is 29.6 Å². The van der Waals surface area contributed by atoms with Crippen molar-refractivity contribution in [1.82, 2.24) is 15.5 Å². The van der Waals surface area contributed by atoms with Crippen molar-refractivity contribution in [3.8, 4) is 28.8 Å². The Morgan fingerprint density at radius 1 is 1.19 bits per heavy atom. The monoisotopic (exact) mass is 505 g/mol. The summed E-state index contributed by atoms with van der Waals surface area (Å²) < 4.78 is 16.2. The molecule has 0 bridgehead atoms. The Bertz CT molecular complexity index is 1540. The quantitative estimate of drug-likeness (QED) is 0.256. The molecule has 1 aliphatic heterocycles. The molecule has 0 saturated carbocycles. The summed E-state index contributed by atoms with van der Waals surface area (Å²) in [6.45, 7) is 6.06. The first-order valence-corrected chi connectivity index (χ1v) is 11.5. The number of aromatic nitrogens is 2. The summed E-state index contributed by atoms with van der Waals surface area (Å²) in [5.41, 5.74) is -1.45. The Morgan fingerprint density at radius 3 is 2.62 bits per heavy atom. The maximum atomic E-state index is 13.8. The Labute approximate surface area is 210 Å². The molecule has 0 spiro atoms. The average molecular weight is 505 g/mol. The van der Waals surface area contributed by atoms with Crippen molar-refractivity contribution in [3.05, 3.63) is 64.1 Å². The van der Waals surface area contributed by atoms with Gasteiger partial charge in [-0.05, 0) is 39.8 Å². The number of ether oxygens (including phenoxy) is 1. The van der Waals surface area contributed by atoms with Crippen LogP contribution in [-0.2, 0) is 21.4 Å². The van der Waals surface area contributed by atoms with E-state index in [-0.39, 0.29) is 46.1 Å². The Kier molecular flexibility index (Phi) is 5.50. The minimum absolute atomic E-state index is 0.0202. The van der Waals surface area contributed by atoms with Gasteiger partial charge in [-0.3, -0.25) is 14.4 Å². The fraction of sp³-hybridized carbons (Fsp3) is 0.269. The van der Waals surface area contributed by atoms with Gasteiger partial charge in [0.2, 0.25) is 11.7 Å². The van der Waals surface area contributed by atoms with Gasteiger partial charge in [0.05, 0.1) is 17.4 Å². The van der Waals surface area contributed by atoms with E-state index in [1.54, 1.807) is 19.1 Å². The number of fused-ring (bicyclic) bond motifs is 3. The van der Waals surface area contributed by atoms with Crippen LogP contribution in [0.15, 0.2) is 50.4 Å². The molecule has 3 aromatic rings. The van der Waals surface area contributed by atoms with Crippen molar-refractivity contribution < 1.29 is 38.3 Å². The lowest BCUT2D eigenvalue weighted by atomic mass is 9.70. The molecule has 0 saturated heterocycles. The smallest absolute Gasteiger partial charge is 0.238 e. The summed E-state index contributed by atoms with van der Waals surface area (Å²) in [6, 6.07) is 3.41. The minimum atomic E-state index is -1.57. The van der Waals surface area contributed by atoms with Gasteiger partial charge < -0.3 is 29.2 Å². The molecule has 1 atom stereocenters. The number of nitrogens with zero attached hydrogens (tertiary/aromatic N) is 2. The lowest BCUT2D eigenvalue weighted by Gasteiger charge is -2.29. The number of furan rings is 1. The van der Waals surface area contributed by atoms with E-state index >= 15 is 0 Å². The topological polar surface area (TPSA) is 165 Å². The normalized spacial score (nSPS) is 19.7. The van der Waals surface area contributed by atoms with E-state index in [1.807, 2.05) is 0 Å². The van der Waals surface area contributed by atoms with Crippen molar-refractivity contribution >= 4 is 17.3 Å². The molecule has 2 aliphatic rings. The highest BCUT2D eigenvalue weighted by Gasteiger charge is 2.56. The molecule has 37 heavy (non-hydrogen) atoms. The van der Waals surface area contributed by atoms with E-state index in [4.69, 9.17) is 13.7 Å². The van der Waals surface area contributed by atoms with Gasteiger partial charge in [-0.15, -0.1) is 0 Å². The zero-order chi connectivity index (χ0) is 26.6. The summed E-state index contributed by atoms with van der Waals surface area (Å²) in [5, 5.41) is 28.3. The van der Waals surface area contributed by atoms with Gasteiger partial charge in [0, 0.05) is 30.3 Å². The molecular weight excluding hydrogens is 482 g/mol. The molecular formula is C26H23N3O8. The predicted octanol–water partition coefficient (Wildman–Crippen LogP) is 3.04. The molecule has 5 rings (SSSR count). The van der Waals surface area contributed by atoms with Gasteiger partial charge in [-0.2, -0.15) is 4.98 Å². The molecule has 3 N–H and O–H groups in total. The van der Waals surface area contributed by atoms with Crippen molar-refractivity contribution in [2.45, 2.75) is 39.5 Å². The summed E-state index contributed by atoms with van der Waals surface area (Å²) in [6.07, 6.45) is 2.98. The number of hydrogen-bond donors (Lipinski definition) is 3. The van der Waals surface area contributed by atoms with Crippen molar-refractivity contribution in [3.63, 3.8) is 0 Å². The number of Topliss-reactive ketones (excluding diaryl/α,β-unsaturated/α-hetero) is 2. The molecule has 2 aromatic heterocycles. The molecule has 1 unspecified atom stereocenters. The standard InChI is InChI=1S/C26H23N3O8/c1-11-21(32)19(13(3)30)23-20(22(11)33)26(4)16(36-23)10-14(31)18(24(26)34)12(2)27-8-7-17-28-25(29-37-17)15-6-5-9-35-15/h5-6,9-10,27,32-33H,7-8H2,1-4H3. The van der Waals surface area contributed by atoms with Gasteiger partial charge in [0.25, 0.3) is 0 Å². The van der Waals surface area contributed by atoms with Crippen molar-refractivity contribution in [2.75, 3.05) is 6.54 Å². The zero-order valence-electron chi connectivity index (χ0n) is 20.5. The molecule has 11 heteroatoms. The number of carbonyl (C=O) groups excluding carboxylic acids is 3. The Morgan fingerprint density at radius 2 is 1.95 bits per heavy atom. The minimum Gasteiger partial charge on any atom is -0.507 e. The predicted molar refractivity (Wildman–Crippen MR) is 127 cm³/mol. The molecule has 0 fully saturated rings. The second-order valence-electron chi connectivity index (χ2n) is 9.05. The first kappa shape index (κ1) is 24.0. The van der Waals surface area contributed by atoms with E-state index in [1.165, 1.54) is 33.1 Å². The number of hydrogen-bond acceptors (Lipinski definition) is 11. The SMILES string of the molecule is CC(=O)c1c(O)c(C)c(O)c2c1OC1=CC(=O)C(=C(C)NCCc3nc(-c4ccco4)no3)C(=O)C12C. The van der Waals surface area contributed by atoms with Crippen LogP contribution in [0.1, 0.15) is 48.1 Å². The molecule has 1 aromatic carbocycles. The number of allylic oxidation sites excluding steroid dienone is 4. The number of ketones is 3. The molecule has 0 radical (unpaired) electrons. The van der Waals surface area contributed by atoms with Crippen LogP contribution in [0.5, 0.6) is 17.2 Å². The van der Waals surface area contributed by atoms with Gasteiger partial charge in [0.1, 0.15) is 34.0 Å². The third-order valence-corrected chi connectivity index (χ3v) is 6.70. The molecule has 1 aliphatic carbocycles. The van der Waals surface area contributed by atoms with Crippen LogP contribution in [-0.4, -0.2) is 44.2 Å². The Hall–Kier alpha value is -4.67. The van der Waals surface area contributed by atoms with E-state index < -0.39 is 28.5 Å². The van der Waals surface area contributed by atoms with E-state index in [2.05, 4.69) is 15.5 Å². The highest BCUT2D eigenvalue weighted by Crippen LogP contribution is 2.57. The third kappa shape index (κ3) is 3.53. The third-order valence-electron chi connectivity index (χ3n) is 6.70. The van der Waals surface area contributed by atoms with Crippen LogP contribution in [0.2, 0.25) is 0 Å². The highest BCUT2D eigenvalue weighted by molar-refractivity contribution is 6.31. The largest absolute Gasteiger partial charge is 0.507 e. The van der Waals surface area contributed by atoms with Crippen LogP contribution in [0.25, 0.3) is 11.6 Å².